The number of nitrogens with one attached hydrogen (secondary N) is 1. The van der Waals surface area contributed by atoms with Crippen LogP contribution in [-0.2, 0) is 11.8 Å². The minimum Gasteiger partial charge on any atom is -0.353 e. The lowest BCUT2D eigenvalue weighted by Crippen LogP contribution is -2.33. The predicted octanol–water partition coefficient (Wildman–Crippen LogP) is 3.70. The van der Waals surface area contributed by atoms with E-state index in [1.807, 2.05) is 19.3 Å². The third kappa shape index (κ3) is 3.64. The smallest absolute Gasteiger partial charge is 0.238 e. The molecule has 1 aliphatic rings. The number of amides is 1. The number of aromatic nitrogens is 1. The maximum absolute atomic E-state index is 13.8. The van der Waals surface area contributed by atoms with Gasteiger partial charge in [0, 0.05) is 23.4 Å². The lowest BCUT2D eigenvalue weighted by Gasteiger charge is -2.24. The minimum absolute atomic E-state index is 0.188. The Labute approximate surface area is 143 Å². The van der Waals surface area contributed by atoms with Crippen molar-refractivity contribution in [2.24, 2.45) is 7.05 Å². The number of likely N-dealkylation sites (tertiary alicyclic amines) is 1. The molecule has 1 aromatic carbocycles. The molecule has 1 aromatic heterocycles. The number of aryl methyl sites for hydroxylation is 1. The molecule has 1 atom stereocenters. The Kier molecular flexibility index (Phi) is 4.82. The molecular formula is C17H19BrFN3O. The average Bonchev–Trinajstić information content (AvgIpc) is 3.10. The van der Waals surface area contributed by atoms with Gasteiger partial charge in [-0.15, -0.1) is 0 Å². The second-order valence-corrected chi connectivity index (χ2v) is 6.76. The second-order valence-electron chi connectivity index (χ2n) is 5.84. The molecule has 0 bridgehead atoms. The molecule has 1 amide bonds. The Balaban J connectivity index is 1.66. The Morgan fingerprint density at radius 2 is 2.26 bits per heavy atom. The van der Waals surface area contributed by atoms with Crippen molar-refractivity contribution < 1.29 is 9.18 Å². The Bertz CT molecular complexity index is 716. The molecule has 3 rings (SSSR count). The molecule has 6 heteroatoms. The van der Waals surface area contributed by atoms with Crippen molar-refractivity contribution >= 4 is 27.5 Å². The van der Waals surface area contributed by atoms with Crippen LogP contribution < -0.4 is 5.32 Å². The summed E-state index contributed by atoms with van der Waals surface area (Å²) >= 11 is 3.21. The zero-order chi connectivity index (χ0) is 16.4. The molecule has 0 spiro atoms. The number of benzene rings is 1. The fourth-order valence-corrected chi connectivity index (χ4v) is 3.47. The molecule has 1 aliphatic heterocycles. The topological polar surface area (TPSA) is 37.3 Å². The van der Waals surface area contributed by atoms with Crippen molar-refractivity contribution in [3.05, 3.63) is 52.5 Å². The molecular weight excluding hydrogens is 361 g/mol. The Morgan fingerprint density at radius 3 is 2.96 bits per heavy atom. The van der Waals surface area contributed by atoms with E-state index in [9.17, 15) is 9.18 Å². The van der Waals surface area contributed by atoms with Crippen molar-refractivity contribution in [2.75, 3.05) is 18.4 Å². The number of nitrogens with zero attached hydrogens (tertiary/aromatic N) is 2. The molecule has 1 N–H and O–H groups in total. The highest BCUT2D eigenvalue weighted by molar-refractivity contribution is 9.10. The van der Waals surface area contributed by atoms with Crippen molar-refractivity contribution in [1.29, 1.82) is 0 Å². The summed E-state index contributed by atoms with van der Waals surface area (Å²) in [6.45, 7) is 1.15. The highest BCUT2D eigenvalue weighted by Gasteiger charge is 2.29. The number of anilines is 1. The molecule has 4 nitrogen and oxygen atoms in total. The molecule has 23 heavy (non-hydrogen) atoms. The first-order valence-corrected chi connectivity index (χ1v) is 8.44. The van der Waals surface area contributed by atoms with Gasteiger partial charge in [-0.05, 0) is 49.7 Å². The number of halogens is 2. The summed E-state index contributed by atoms with van der Waals surface area (Å²) in [6.07, 6.45) is 4.12. The van der Waals surface area contributed by atoms with E-state index < -0.39 is 5.82 Å². The molecule has 1 fully saturated rings. The summed E-state index contributed by atoms with van der Waals surface area (Å²) in [7, 11) is 2.02. The number of rotatable bonds is 4. The molecule has 2 aromatic rings. The van der Waals surface area contributed by atoms with Gasteiger partial charge in [-0.1, -0.05) is 15.9 Å². The summed E-state index contributed by atoms with van der Waals surface area (Å²) in [4.78, 5) is 14.4. The Hall–Kier alpha value is -1.66. The first-order chi connectivity index (χ1) is 11.0. The van der Waals surface area contributed by atoms with Crippen LogP contribution in [0.3, 0.4) is 0 Å². The molecule has 1 saturated heterocycles. The molecule has 0 radical (unpaired) electrons. The third-order valence-electron chi connectivity index (χ3n) is 4.24. The van der Waals surface area contributed by atoms with E-state index in [4.69, 9.17) is 0 Å². The molecule has 0 unspecified atom stereocenters. The fraction of sp³-hybridized carbons (Fsp3) is 0.353. The highest BCUT2D eigenvalue weighted by Crippen LogP contribution is 2.31. The number of carbonyl (C=O) groups excluding carboxylic acids is 1. The van der Waals surface area contributed by atoms with E-state index >= 15 is 0 Å². The van der Waals surface area contributed by atoms with Crippen molar-refractivity contribution in [3.63, 3.8) is 0 Å². The zero-order valence-corrected chi connectivity index (χ0v) is 14.5. The quantitative estimate of drug-likeness (QED) is 0.878. The largest absolute Gasteiger partial charge is 0.353 e. The van der Waals surface area contributed by atoms with Gasteiger partial charge in [0.15, 0.2) is 0 Å². The van der Waals surface area contributed by atoms with Gasteiger partial charge in [0.05, 0.1) is 18.3 Å². The summed E-state index contributed by atoms with van der Waals surface area (Å²) in [5, 5.41) is 2.66. The normalized spacial score (nSPS) is 18.3. The maximum atomic E-state index is 13.8. The second kappa shape index (κ2) is 6.84. The predicted molar refractivity (Wildman–Crippen MR) is 91.7 cm³/mol. The van der Waals surface area contributed by atoms with Gasteiger partial charge in [-0.3, -0.25) is 9.69 Å². The zero-order valence-electron chi connectivity index (χ0n) is 12.9. The molecule has 122 valence electrons. The standard InChI is InChI=1S/C17H19BrFN3O/c1-21-8-2-4-15(21)16-5-3-9-22(16)11-17(23)20-14-7-6-12(18)10-13(14)19/h2,4,6-8,10,16H,3,5,9,11H2,1H3,(H,20,23)/t16-/m0/s1. The summed E-state index contributed by atoms with van der Waals surface area (Å²) in [5.41, 5.74) is 1.43. The van der Waals surface area contributed by atoms with Gasteiger partial charge in [0.2, 0.25) is 5.91 Å². The lowest BCUT2D eigenvalue weighted by atomic mass is 10.1. The van der Waals surface area contributed by atoms with Crippen molar-refractivity contribution in [2.45, 2.75) is 18.9 Å². The first kappa shape index (κ1) is 16.2. The van der Waals surface area contributed by atoms with Crippen LogP contribution >= 0.6 is 15.9 Å². The van der Waals surface area contributed by atoms with Crippen LogP contribution in [0.4, 0.5) is 10.1 Å². The van der Waals surface area contributed by atoms with Crippen LogP contribution in [0.5, 0.6) is 0 Å². The number of hydrogen-bond donors (Lipinski definition) is 1. The van der Waals surface area contributed by atoms with E-state index in [1.54, 1.807) is 12.1 Å². The van der Waals surface area contributed by atoms with Gasteiger partial charge >= 0.3 is 0 Å². The third-order valence-corrected chi connectivity index (χ3v) is 4.73. The SMILES string of the molecule is Cn1cccc1[C@@H]1CCCN1CC(=O)Nc1ccc(Br)cc1F. The number of hydrogen-bond acceptors (Lipinski definition) is 2. The van der Waals surface area contributed by atoms with Crippen LogP contribution in [0.2, 0.25) is 0 Å². The van der Waals surface area contributed by atoms with Gasteiger partial charge in [-0.25, -0.2) is 4.39 Å². The van der Waals surface area contributed by atoms with E-state index in [2.05, 4.69) is 36.8 Å². The van der Waals surface area contributed by atoms with Crippen LogP contribution in [0, 0.1) is 5.82 Å². The monoisotopic (exact) mass is 379 g/mol. The molecule has 0 saturated carbocycles. The molecule has 2 heterocycles. The van der Waals surface area contributed by atoms with Gasteiger partial charge in [0.25, 0.3) is 0 Å². The van der Waals surface area contributed by atoms with E-state index in [0.717, 1.165) is 19.4 Å². The van der Waals surface area contributed by atoms with Crippen LogP contribution in [0.1, 0.15) is 24.6 Å². The summed E-state index contributed by atoms with van der Waals surface area (Å²) in [6, 6.07) is 8.98. The Morgan fingerprint density at radius 1 is 1.43 bits per heavy atom. The van der Waals surface area contributed by atoms with E-state index in [-0.39, 0.29) is 24.2 Å². The van der Waals surface area contributed by atoms with Crippen LogP contribution in [-0.4, -0.2) is 28.5 Å². The van der Waals surface area contributed by atoms with Crippen LogP contribution in [0.25, 0.3) is 0 Å². The minimum atomic E-state index is -0.437. The van der Waals surface area contributed by atoms with Crippen molar-refractivity contribution in [1.82, 2.24) is 9.47 Å². The maximum Gasteiger partial charge on any atom is 0.238 e. The average molecular weight is 380 g/mol. The number of carbonyl (C=O) groups is 1. The van der Waals surface area contributed by atoms with Crippen LogP contribution in [0.15, 0.2) is 41.0 Å². The van der Waals surface area contributed by atoms with E-state index in [0.29, 0.717) is 4.47 Å². The first-order valence-electron chi connectivity index (χ1n) is 7.65. The van der Waals surface area contributed by atoms with E-state index in [1.165, 1.54) is 11.8 Å². The fourth-order valence-electron chi connectivity index (χ4n) is 3.14. The summed E-state index contributed by atoms with van der Waals surface area (Å²) < 4.78 is 16.6. The van der Waals surface area contributed by atoms with Crippen molar-refractivity contribution in [3.8, 4) is 0 Å². The van der Waals surface area contributed by atoms with Gasteiger partial charge < -0.3 is 9.88 Å². The lowest BCUT2D eigenvalue weighted by molar-refractivity contribution is -0.117. The van der Waals surface area contributed by atoms with Gasteiger partial charge in [0.1, 0.15) is 5.82 Å². The summed E-state index contributed by atoms with van der Waals surface area (Å²) in [5.74, 6) is -0.625. The molecule has 0 aliphatic carbocycles. The van der Waals surface area contributed by atoms with Gasteiger partial charge in [-0.2, -0.15) is 0 Å². The highest BCUT2D eigenvalue weighted by atomic mass is 79.9.